The van der Waals surface area contributed by atoms with Gasteiger partial charge in [-0.1, -0.05) is 72.8 Å². The van der Waals surface area contributed by atoms with Crippen LogP contribution in [0.1, 0.15) is 16.7 Å². The predicted octanol–water partition coefficient (Wildman–Crippen LogP) is 3.93. The molecule has 0 atom stereocenters. The second-order valence-corrected chi connectivity index (χ2v) is 5.20. The van der Waals surface area contributed by atoms with E-state index >= 15 is 0 Å². The normalized spacial score (nSPS) is 11.1. The SMILES string of the molecule is O=CC(c1ccccc1)(c1ccccc1)c1ccc(O)cc1. The maximum Gasteiger partial charge on any atom is 0.139 e. The predicted molar refractivity (Wildman–Crippen MR) is 86.9 cm³/mol. The van der Waals surface area contributed by atoms with Crippen LogP contribution in [-0.4, -0.2) is 11.4 Å². The summed E-state index contributed by atoms with van der Waals surface area (Å²) in [7, 11) is 0. The number of aromatic hydroxyl groups is 1. The Bertz CT molecular complexity index is 707. The Hall–Kier alpha value is -2.87. The smallest absolute Gasteiger partial charge is 0.139 e. The van der Waals surface area contributed by atoms with Gasteiger partial charge in [0.2, 0.25) is 0 Å². The van der Waals surface area contributed by atoms with Crippen molar-refractivity contribution in [2.75, 3.05) is 0 Å². The summed E-state index contributed by atoms with van der Waals surface area (Å²) in [6.07, 6.45) is 0.976. The molecule has 3 aromatic rings. The van der Waals surface area contributed by atoms with Crippen LogP contribution < -0.4 is 0 Å². The molecule has 3 rings (SSSR count). The quantitative estimate of drug-likeness (QED) is 0.583. The number of phenols is 1. The number of hydrogen-bond acceptors (Lipinski definition) is 2. The van der Waals surface area contributed by atoms with Crippen molar-refractivity contribution in [1.82, 2.24) is 0 Å². The van der Waals surface area contributed by atoms with Crippen molar-refractivity contribution in [3.8, 4) is 5.75 Å². The molecule has 0 heterocycles. The molecule has 0 aromatic heterocycles. The summed E-state index contributed by atoms with van der Waals surface area (Å²) in [4.78, 5) is 12.3. The highest BCUT2D eigenvalue weighted by molar-refractivity contribution is 5.81. The minimum absolute atomic E-state index is 0.185. The van der Waals surface area contributed by atoms with Gasteiger partial charge in [0.15, 0.2) is 0 Å². The van der Waals surface area contributed by atoms with Crippen LogP contribution >= 0.6 is 0 Å². The monoisotopic (exact) mass is 288 g/mol. The summed E-state index contributed by atoms with van der Waals surface area (Å²) in [5.74, 6) is 0.185. The largest absolute Gasteiger partial charge is 0.508 e. The molecule has 0 saturated heterocycles. The van der Waals surface area contributed by atoms with E-state index in [2.05, 4.69) is 0 Å². The topological polar surface area (TPSA) is 37.3 Å². The first-order valence-corrected chi connectivity index (χ1v) is 7.14. The zero-order chi connectivity index (χ0) is 15.4. The number of benzene rings is 3. The fraction of sp³-hybridized carbons (Fsp3) is 0.0500. The number of carbonyl (C=O) groups excluding carboxylic acids is 1. The summed E-state index contributed by atoms with van der Waals surface area (Å²) in [5, 5.41) is 9.55. The van der Waals surface area contributed by atoms with Gasteiger partial charge in [0.05, 0.1) is 0 Å². The molecule has 0 aliphatic carbocycles. The Labute approximate surface area is 129 Å². The van der Waals surface area contributed by atoms with E-state index in [-0.39, 0.29) is 5.75 Å². The van der Waals surface area contributed by atoms with E-state index < -0.39 is 5.41 Å². The fourth-order valence-corrected chi connectivity index (χ4v) is 2.83. The van der Waals surface area contributed by atoms with E-state index in [1.165, 1.54) is 0 Å². The van der Waals surface area contributed by atoms with Gasteiger partial charge in [-0.3, -0.25) is 0 Å². The number of aldehydes is 1. The van der Waals surface area contributed by atoms with Crippen molar-refractivity contribution in [2.24, 2.45) is 0 Å². The van der Waals surface area contributed by atoms with Crippen LogP contribution in [0, 0.1) is 0 Å². The van der Waals surface area contributed by atoms with E-state index in [0.29, 0.717) is 0 Å². The van der Waals surface area contributed by atoms with E-state index in [1.54, 1.807) is 24.3 Å². The van der Waals surface area contributed by atoms with Crippen LogP contribution in [0.25, 0.3) is 0 Å². The molecule has 0 amide bonds. The Balaban J connectivity index is 2.30. The maximum absolute atomic E-state index is 12.3. The van der Waals surface area contributed by atoms with Crippen molar-refractivity contribution in [3.05, 3.63) is 102 Å². The Morgan fingerprint density at radius 1 is 0.636 bits per heavy atom. The van der Waals surface area contributed by atoms with E-state index in [1.807, 2.05) is 60.7 Å². The third-order valence-corrected chi connectivity index (χ3v) is 3.96. The van der Waals surface area contributed by atoms with Crippen LogP contribution in [0.3, 0.4) is 0 Å². The van der Waals surface area contributed by atoms with Gasteiger partial charge in [-0.25, -0.2) is 0 Å². The molecule has 1 N–H and O–H groups in total. The minimum Gasteiger partial charge on any atom is -0.508 e. The maximum atomic E-state index is 12.3. The highest BCUT2D eigenvalue weighted by atomic mass is 16.3. The zero-order valence-corrected chi connectivity index (χ0v) is 12.0. The van der Waals surface area contributed by atoms with Gasteiger partial charge in [-0.2, -0.15) is 0 Å². The summed E-state index contributed by atoms with van der Waals surface area (Å²) in [5.41, 5.74) is 1.76. The Kier molecular flexibility index (Phi) is 3.75. The van der Waals surface area contributed by atoms with Gasteiger partial charge in [-0.15, -0.1) is 0 Å². The van der Waals surface area contributed by atoms with Crippen molar-refractivity contribution in [3.63, 3.8) is 0 Å². The van der Waals surface area contributed by atoms with Gasteiger partial charge in [0, 0.05) is 0 Å². The highest BCUT2D eigenvalue weighted by Crippen LogP contribution is 2.37. The van der Waals surface area contributed by atoms with Crippen LogP contribution in [0.4, 0.5) is 0 Å². The molecule has 2 heteroatoms. The molecule has 0 spiro atoms. The summed E-state index contributed by atoms with van der Waals surface area (Å²) in [6, 6.07) is 26.2. The molecule has 22 heavy (non-hydrogen) atoms. The molecule has 0 aliphatic rings. The molecular formula is C20H16O2. The lowest BCUT2D eigenvalue weighted by molar-refractivity contribution is -0.110. The molecule has 0 aliphatic heterocycles. The van der Waals surface area contributed by atoms with Crippen LogP contribution in [-0.2, 0) is 10.2 Å². The third-order valence-electron chi connectivity index (χ3n) is 3.96. The van der Waals surface area contributed by atoms with Gasteiger partial charge >= 0.3 is 0 Å². The standard InChI is InChI=1S/C20H16O2/c21-15-20(16-7-3-1-4-8-16,17-9-5-2-6-10-17)18-11-13-19(22)14-12-18/h1-15,22H. The molecule has 2 nitrogen and oxygen atoms in total. The summed E-state index contributed by atoms with van der Waals surface area (Å²) in [6.45, 7) is 0. The summed E-state index contributed by atoms with van der Waals surface area (Å²) >= 11 is 0. The van der Waals surface area contributed by atoms with E-state index in [0.717, 1.165) is 23.0 Å². The molecule has 0 unspecified atom stereocenters. The minimum atomic E-state index is -0.879. The lowest BCUT2D eigenvalue weighted by Gasteiger charge is -2.30. The first-order chi connectivity index (χ1) is 10.8. The third kappa shape index (κ3) is 2.29. The van der Waals surface area contributed by atoms with E-state index in [4.69, 9.17) is 0 Å². The van der Waals surface area contributed by atoms with Gasteiger partial charge in [-0.05, 0) is 28.8 Å². The first kappa shape index (κ1) is 14.1. The fourth-order valence-electron chi connectivity index (χ4n) is 2.83. The van der Waals surface area contributed by atoms with Crippen LogP contribution in [0.5, 0.6) is 5.75 Å². The first-order valence-electron chi connectivity index (χ1n) is 7.14. The molecule has 0 saturated carbocycles. The zero-order valence-electron chi connectivity index (χ0n) is 12.0. The van der Waals surface area contributed by atoms with Crippen LogP contribution in [0.15, 0.2) is 84.9 Å². The highest BCUT2D eigenvalue weighted by Gasteiger charge is 2.35. The van der Waals surface area contributed by atoms with Gasteiger partial charge in [0.25, 0.3) is 0 Å². The van der Waals surface area contributed by atoms with Crippen molar-refractivity contribution >= 4 is 6.29 Å². The second kappa shape index (κ2) is 5.86. The lowest BCUT2D eigenvalue weighted by atomic mass is 9.70. The van der Waals surface area contributed by atoms with E-state index in [9.17, 15) is 9.90 Å². The Morgan fingerprint density at radius 3 is 1.45 bits per heavy atom. The molecule has 0 radical (unpaired) electrons. The van der Waals surface area contributed by atoms with Crippen molar-refractivity contribution in [2.45, 2.75) is 5.41 Å². The van der Waals surface area contributed by atoms with Crippen LogP contribution in [0.2, 0.25) is 0 Å². The van der Waals surface area contributed by atoms with Crippen molar-refractivity contribution in [1.29, 1.82) is 0 Å². The average molecular weight is 288 g/mol. The Morgan fingerprint density at radius 2 is 1.05 bits per heavy atom. The number of phenolic OH excluding ortho intramolecular Hbond substituents is 1. The number of rotatable bonds is 4. The number of carbonyl (C=O) groups is 1. The molecular weight excluding hydrogens is 272 g/mol. The molecule has 108 valence electrons. The van der Waals surface area contributed by atoms with Gasteiger partial charge in [0.1, 0.15) is 17.5 Å². The second-order valence-electron chi connectivity index (χ2n) is 5.20. The molecule has 3 aromatic carbocycles. The van der Waals surface area contributed by atoms with Crippen molar-refractivity contribution < 1.29 is 9.90 Å². The molecule has 0 bridgehead atoms. The lowest BCUT2D eigenvalue weighted by Crippen LogP contribution is -2.31. The number of hydrogen-bond donors (Lipinski definition) is 1. The average Bonchev–Trinajstić information content (AvgIpc) is 2.59. The summed E-state index contributed by atoms with van der Waals surface area (Å²) < 4.78 is 0. The molecule has 0 fully saturated rings. The van der Waals surface area contributed by atoms with Gasteiger partial charge < -0.3 is 9.90 Å².